The van der Waals surface area contributed by atoms with Gasteiger partial charge in [-0.3, -0.25) is 19.6 Å². The van der Waals surface area contributed by atoms with Crippen molar-refractivity contribution in [1.29, 1.82) is 0 Å². The SMILES string of the molecule is COC(=O)Cc1ccc(N2CC3CN(CC4=C(C(=O)OC)CN=C(c5nccs5)N4)CCN3C2=O)cc1. The van der Waals surface area contributed by atoms with Crippen LogP contribution in [-0.2, 0) is 25.5 Å². The van der Waals surface area contributed by atoms with Gasteiger partial charge in [-0.2, -0.15) is 0 Å². The molecule has 0 spiro atoms. The van der Waals surface area contributed by atoms with Gasteiger partial charge in [0.1, 0.15) is 0 Å². The van der Waals surface area contributed by atoms with Gasteiger partial charge < -0.3 is 19.7 Å². The van der Waals surface area contributed by atoms with Gasteiger partial charge in [-0.25, -0.2) is 14.6 Å². The number of fused-ring (bicyclic) bond motifs is 1. The van der Waals surface area contributed by atoms with Crippen LogP contribution in [0.2, 0.25) is 0 Å². The summed E-state index contributed by atoms with van der Waals surface area (Å²) in [5.74, 6) is -0.0553. The van der Waals surface area contributed by atoms with Crippen LogP contribution in [0.3, 0.4) is 0 Å². The highest BCUT2D eigenvalue weighted by Gasteiger charge is 2.41. The largest absolute Gasteiger partial charge is 0.469 e. The first-order valence-electron chi connectivity index (χ1n) is 11.9. The highest BCUT2D eigenvalue weighted by molar-refractivity contribution is 7.11. The van der Waals surface area contributed by atoms with E-state index in [9.17, 15) is 14.4 Å². The zero-order chi connectivity index (χ0) is 25.9. The molecule has 2 aromatic rings. The number of anilines is 1. The van der Waals surface area contributed by atoms with Gasteiger partial charge >= 0.3 is 18.0 Å². The Kier molecular flexibility index (Phi) is 7.19. The van der Waals surface area contributed by atoms with Crippen molar-refractivity contribution in [3.05, 3.63) is 57.7 Å². The van der Waals surface area contributed by atoms with Crippen molar-refractivity contribution in [3.8, 4) is 0 Å². The first-order chi connectivity index (χ1) is 18.0. The minimum atomic E-state index is -0.402. The van der Waals surface area contributed by atoms with Crippen LogP contribution >= 0.6 is 11.3 Å². The predicted molar refractivity (Wildman–Crippen MR) is 138 cm³/mol. The molecule has 2 fully saturated rings. The van der Waals surface area contributed by atoms with E-state index in [-0.39, 0.29) is 31.0 Å². The first kappa shape index (κ1) is 24.9. The van der Waals surface area contributed by atoms with Gasteiger partial charge in [0.2, 0.25) is 0 Å². The van der Waals surface area contributed by atoms with E-state index < -0.39 is 5.97 Å². The molecule has 3 aliphatic rings. The molecule has 11 nitrogen and oxygen atoms in total. The number of hydrogen-bond acceptors (Lipinski definition) is 10. The molecule has 0 bridgehead atoms. The number of thiazole rings is 1. The molecule has 12 heteroatoms. The molecule has 2 saturated heterocycles. The van der Waals surface area contributed by atoms with Gasteiger partial charge in [-0.1, -0.05) is 12.1 Å². The number of carbonyl (C=O) groups is 3. The van der Waals surface area contributed by atoms with Crippen molar-refractivity contribution in [2.75, 3.05) is 58.4 Å². The number of nitrogens with zero attached hydrogens (tertiary/aromatic N) is 5. The van der Waals surface area contributed by atoms with Crippen molar-refractivity contribution in [1.82, 2.24) is 20.1 Å². The van der Waals surface area contributed by atoms with Gasteiger partial charge in [-0.15, -0.1) is 11.3 Å². The number of piperazine rings is 1. The third-order valence-electron chi connectivity index (χ3n) is 6.74. The topological polar surface area (TPSA) is 117 Å². The Bertz CT molecular complexity index is 1240. The van der Waals surface area contributed by atoms with Gasteiger partial charge in [0, 0.05) is 55.7 Å². The molecule has 1 atom stereocenters. The number of esters is 2. The smallest absolute Gasteiger partial charge is 0.337 e. The number of carbonyl (C=O) groups excluding carboxylic acids is 3. The number of methoxy groups -OCH3 is 2. The van der Waals surface area contributed by atoms with E-state index in [1.807, 2.05) is 34.5 Å². The first-order valence-corrected chi connectivity index (χ1v) is 12.8. The Morgan fingerprint density at radius 3 is 2.65 bits per heavy atom. The molecule has 3 aliphatic heterocycles. The number of ether oxygens (including phenoxy) is 2. The molecule has 4 heterocycles. The number of amidine groups is 1. The molecule has 2 amide bonds. The predicted octanol–water partition coefficient (Wildman–Crippen LogP) is 1.26. The van der Waals surface area contributed by atoms with Crippen molar-refractivity contribution < 1.29 is 23.9 Å². The van der Waals surface area contributed by atoms with Crippen LogP contribution in [0.5, 0.6) is 0 Å². The minimum Gasteiger partial charge on any atom is -0.469 e. The molecule has 0 saturated carbocycles. The fourth-order valence-electron chi connectivity index (χ4n) is 4.81. The fraction of sp³-hybridized carbons (Fsp3) is 0.400. The van der Waals surface area contributed by atoms with Crippen molar-refractivity contribution in [2.24, 2.45) is 4.99 Å². The zero-order valence-electron chi connectivity index (χ0n) is 20.7. The van der Waals surface area contributed by atoms with Crippen LogP contribution in [0, 0.1) is 0 Å². The Morgan fingerprint density at radius 2 is 1.95 bits per heavy atom. The average Bonchev–Trinajstić information content (AvgIpc) is 3.57. The lowest BCUT2D eigenvalue weighted by Crippen LogP contribution is -2.53. The van der Waals surface area contributed by atoms with Crippen LogP contribution in [0.1, 0.15) is 10.6 Å². The van der Waals surface area contributed by atoms with E-state index in [0.29, 0.717) is 44.1 Å². The molecular formula is C25H28N6O5S. The summed E-state index contributed by atoms with van der Waals surface area (Å²) in [7, 11) is 2.73. The number of urea groups is 1. The van der Waals surface area contributed by atoms with Gasteiger partial charge in [0.05, 0.1) is 38.8 Å². The number of hydrogen-bond donors (Lipinski definition) is 1. The maximum Gasteiger partial charge on any atom is 0.337 e. The molecule has 0 aliphatic carbocycles. The van der Waals surface area contributed by atoms with Crippen LogP contribution in [0.25, 0.3) is 0 Å². The lowest BCUT2D eigenvalue weighted by Gasteiger charge is -2.37. The van der Waals surface area contributed by atoms with E-state index in [0.717, 1.165) is 22.0 Å². The third kappa shape index (κ3) is 5.20. The van der Waals surface area contributed by atoms with E-state index >= 15 is 0 Å². The summed E-state index contributed by atoms with van der Waals surface area (Å²) in [6.45, 7) is 3.24. The van der Waals surface area contributed by atoms with Crippen LogP contribution in [0.4, 0.5) is 10.5 Å². The summed E-state index contributed by atoms with van der Waals surface area (Å²) in [6.07, 6.45) is 1.92. The highest BCUT2D eigenvalue weighted by Crippen LogP contribution is 2.27. The minimum absolute atomic E-state index is 0.0196. The van der Waals surface area contributed by atoms with Crippen LogP contribution in [0.15, 0.2) is 52.1 Å². The molecular weight excluding hydrogens is 496 g/mol. The molecule has 1 unspecified atom stereocenters. The number of aliphatic imine (C=N–C) groups is 1. The number of aromatic nitrogens is 1. The van der Waals surface area contributed by atoms with Gasteiger partial charge in [0.25, 0.3) is 0 Å². The summed E-state index contributed by atoms with van der Waals surface area (Å²) >= 11 is 1.48. The van der Waals surface area contributed by atoms with Crippen LogP contribution in [-0.4, -0.2) is 98.1 Å². The standard InChI is InChI=1S/C25H28N6O5S/c1-35-21(32)11-16-3-5-17(6-4-16)31-14-18-13-29(8-9-30(18)25(31)34)15-20-19(24(33)36-2)12-27-22(28-20)23-26-7-10-37-23/h3-7,10,18H,8-9,11-15H2,1-2H3,(H,27,28). The molecule has 0 radical (unpaired) electrons. The highest BCUT2D eigenvalue weighted by atomic mass is 32.1. The summed E-state index contributed by atoms with van der Waals surface area (Å²) < 4.78 is 9.72. The number of benzene rings is 1. The Balaban J connectivity index is 1.26. The maximum absolute atomic E-state index is 13.2. The number of amides is 2. The molecule has 194 valence electrons. The number of rotatable bonds is 7. The monoisotopic (exact) mass is 524 g/mol. The van der Waals surface area contributed by atoms with Gasteiger partial charge in [0.15, 0.2) is 10.8 Å². The molecule has 1 N–H and O–H groups in total. The summed E-state index contributed by atoms with van der Waals surface area (Å²) in [5, 5.41) is 5.95. The Labute approximate surface area is 218 Å². The molecule has 5 rings (SSSR count). The molecule has 1 aromatic heterocycles. The van der Waals surface area contributed by atoms with Crippen molar-refractivity contribution in [2.45, 2.75) is 12.5 Å². The fourth-order valence-corrected chi connectivity index (χ4v) is 5.41. The van der Waals surface area contributed by atoms with E-state index in [1.165, 1.54) is 25.6 Å². The quantitative estimate of drug-likeness (QED) is 0.539. The second-order valence-electron chi connectivity index (χ2n) is 8.97. The Morgan fingerprint density at radius 1 is 1.14 bits per heavy atom. The summed E-state index contributed by atoms with van der Waals surface area (Å²) in [5.41, 5.74) is 2.89. The average molecular weight is 525 g/mol. The van der Waals surface area contributed by atoms with Crippen molar-refractivity contribution in [3.63, 3.8) is 0 Å². The van der Waals surface area contributed by atoms with Crippen molar-refractivity contribution >= 4 is 40.8 Å². The van der Waals surface area contributed by atoms with Crippen LogP contribution < -0.4 is 10.2 Å². The van der Waals surface area contributed by atoms with E-state index in [1.54, 1.807) is 11.1 Å². The normalized spacial score (nSPS) is 19.9. The molecule has 1 aromatic carbocycles. The second kappa shape index (κ2) is 10.7. The summed E-state index contributed by atoms with van der Waals surface area (Å²) in [6, 6.07) is 7.43. The lowest BCUT2D eigenvalue weighted by molar-refractivity contribution is -0.140. The lowest BCUT2D eigenvalue weighted by atomic mass is 10.1. The number of nitrogens with one attached hydrogen (secondary N) is 1. The molecule has 37 heavy (non-hydrogen) atoms. The zero-order valence-corrected chi connectivity index (χ0v) is 21.5. The summed E-state index contributed by atoms with van der Waals surface area (Å²) in [4.78, 5) is 51.9. The van der Waals surface area contributed by atoms with E-state index in [2.05, 4.69) is 20.2 Å². The Hall–Kier alpha value is -3.77. The van der Waals surface area contributed by atoms with E-state index in [4.69, 9.17) is 9.47 Å². The van der Waals surface area contributed by atoms with Gasteiger partial charge in [-0.05, 0) is 17.7 Å². The third-order valence-corrected chi connectivity index (χ3v) is 7.52. The maximum atomic E-state index is 13.2. The second-order valence-corrected chi connectivity index (χ2v) is 9.87.